The summed E-state index contributed by atoms with van der Waals surface area (Å²) in [6.45, 7) is 1.69. The van der Waals surface area contributed by atoms with E-state index in [-0.39, 0.29) is 28.4 Å². The molecule has 0 radical (unpaired) electrons. The van der Waals surface area contributed by atoms with Crippen LogP contribution in [0.4, 0.5) is 5.69 Å². The molecule has 1 aliphatic rings. The molecular formula is C19H21ClN2O4S. The number of fused-ring (bicyclic) bond motifs is 1. The Morgan fingerprint density at radius 3 is 2.67 bits per heavy atom. The maximum Gasteiger partial charge on any atom is 0.243 e. The predicted molar refractivity (Wildman–Crippen MR) is 105 cm³/mol. The number of likely N-dealkylation sites (N-methyl/N-ethyl adjacent to an activating group) is 1. The molecule has 8 heteroatoms. The molecule has 0 unspecified atom stereocenters. The van der Waals surface area contributed by atoms with Crippen molar-refractivity contribution >= 4 is 33.2 Å². The van der Waals surface area contributed by atoms with Crippen molar-refractivity contribution in [1.29, 1.82) is 0 Å². The van der Waals surface area contributed by atoms with Crippen LogP contribution in [0.15, 0.2) is 47.4 Å². The van der Waals surface area contributed by atoms with E-state index in [1.54, 1.807) is 4.90 Å². The van der Waals surface area contributed by atoms with Crippen molar-refractivity contribution in [3.8, 4) is 5.75 Å². The Bertz CT molecular complexity index is 977. The molecule has 1 atom stereocenters. The lowest BCUT2D eigenvalue weighted by Crippen LogP contribution is -2.43. The van der Waals surface area contributed by atoms with Gasteiger partial charge in [0.05, 0.1) is 23.6 Å². The average molecular weight is 409 g/mol. The number of para-hydroxylation sites is 1. The molecule has 0 aliphatic carbocycles. The Morgan fingerprint density at radius 1 is 1.30 bits per heavy atom. The maximum atomic E-state index is 12.8. The lowest BCUT2D eigenvalue weighted by Gasteiger charge is -2.25. The molecule has 6 nitrogen and oxygen atoms in total. The predicted octanol–water partition coefficient (Wildman–Crippen LogP) is 2.95. The zero-order chi connectivity index (χ0) is 19.8. The molecule has 0 saturated heterocycles. The summed E-state index contributed by atoms with van der Waals surface area (Å²) in [4.78, 5) is 14.5. The van der Waals surface area contributed by atoms with Crippen molar-refractivity contribution < 1.29 is 17.9 Å². The first-order valence-corrected chi connectivity index (χ1v) is 10.3. The number of anilines is 1. The second-order valence-electron chi connectivity index (χ2n) is 6.50. The van der Waals surface area contributed by atoms with E-state index in [0.29, 0.717) is 5.75 Å². The van der Waals surface area contributed by atoms with Gasteiger partial charge in [0.15, 0.2) is 0 Å². The molecule has 0 bridgehead atoms. The normalized spacial score (nSPS) is 16.5. The summed E-state index contributed by atoms with van der Waals surface area (Å²) in [5, 5.41) is 0.195. The van der Waals surface area contributed by atoms with Crippen molar-refractivity contribution in [1.82, 2.24) is 4.31 Å². The van der Waals surface area contributed by atoms with E-state index >= 15 is 0 Å². The Balaban J connectivity index is 1.81. The van der Waals surface area contributed by atoms with Crippen LogP contribution in [0.5, 0.6) is 5.75 Å². The summed E-state index contributed by atoms with van der Waals surface area (Å²) in [6.07, 6.45) is 0.756. The van der Waals surface area contributed by atoms with E-state index in [9.17, 15) is 13.2 Å². The number of hydrogen-bond donors (Lipinski definition) is 0. The molecule has 1 heterocycles. The van der Waals surface area contributed by atoms with E-state index in [0.717, 1.165) is 22.0 Å². The first-order chi connectivity index (χ1) is 12.8. The number of rotatable bonds is 5. The third-order valence-corrected chi connectivity index (χ3v) is 6.76. The molecule has 0 aromatic heterocycles. The average Bonchev–Trinajstić information content (AvgIpc) is 2.97. The molecule has 0 fully saturated rings. The van der Waals surface area contributed by atoms with Crippen LogP contribution in [0, 0.1) is 0 Å². The lowest BCUT2D eigenvalue weighted by atomic mass is 10.1. The largest absolute Gasteiger partial charge is 0.495 e. The third-order valence-electron chi connectivity index (χ3n) is 4.67. The fraction of sp³-hybridized carbons (Fsp3) is 0.316. The zero-order valence-electron chi connectivity index (χ0n) is 15.3. The Labute approximate surface area is 164 Å². The third kappa shape index (κ3) is 3.67. The second-order valence-corrected chi connectivity index (χ2v) is 8.96. The molecule has 0 spiro atoms. The van der Waals surface area contributed by atoms with Gasteiger partial charge < -0.3 is 9.64 Å². The first-order valence-electron chi connectivity index (χ1n) is 8.45. The van der Waals surface area contributed by atoms with Crippen molar-refractivity contribution in [3.05, 3.63) is 53.1 Å². The van der Waals surface area contributed by atoms with Crippen LogP contribution >= 0.6 is 11.6 Å². The van der Waals surface area contributed by atoms with Crippen LogP contribution in [0.1, 0.15) is 12.5 Å². The van der Waals surface area contributed by atoms with Crippen molar-refractivity contribution in [2.24, 2.45) is 0 Å². The van der Waals surface area contributed by atoms with Gasteiger partial charge in [-0.3, -0.25) is 4.79 Å². The SMILES string of the molecule is COc1ccc(S(=O)(=O)N(C)CC(=O)N2c3ccccc3C[C@@H]2C)cc1Cl. The molecule has 1 aliphatic heterocycles. The van der Waals surface area contributed by atoms with E-state index < -0.39 is 10.0 Å². The van der Waals surface area contributed by atoms with E-state index in [4.69, 9.17) is 16.3 Å². The van der Waals surface area contributed by atoms with Crippen LogP contribution in [0.25, 0.3) is 0 Å². The van der Waals surface area contributed by atoms with Crippen LogP contribution in [0.3, 0.4) is 0 Å². The molecule has 2 aromatic rings. The summed E-state index contributed by atoms with van der Waals surface area (Å²) in [5.41, 5.74) is 1.93. The van der Waals surface area contributed by atoms with Crippen molar-refractivity contribution in [3.63, 3.8) is 0 Å². The summed E-state index contributed by atoms with van der Waals surface area (Å²) in [7, 11) is -1.02. The number of ether oxygens (including phenoxy) is 1. The topological polar surface area (TPSA) is 66.9 Å². The van der Waals surface area contributed by atoms with Gasteiger partial charge in [0, 0.05) is 18.8 Å². The van der Waals surface area contributed by atoms with Gasteiger partial charge in [0.1, 0.15) is 5.75 Å². The van der Waals surface area contributed by atoms with Crippen LogP contribution in [-0.2, 0) is 21.2 Å². The number of halogens is 1. The van der Waals surface area contributed by atoms with E-state index in [1.165, 1.54) is 32.4 Å². The number of methoxy groups -OCH3 is 1. The number of carbonyl (C=O) groups is 1. The highest BCUT2D eigenvalue weighted by molar-refractivity contribution is 7.89. The smallest absolute Gasteiger partial charge is 0.243 e. The number of benzene rings is 2. The fourth-order valence-electron chi connectivity index (χ4n) is 3.28. The van der Waals surface area contributed by atoms with E-state index in [1.807, 2.05) is 31.2 Å². The molecule has 2 aromatic carbocycles. The van der Waals surface area contributed by atoms with Crippen LogP contribution < -0.4 is 9.64 Å². The van der Waals surface area contributed by atoms with Crippen molar-refractivity contribution in [2.45, 2.75) is 24.3 Å². The summed E-state index contributed by atoms with van der Waals surface area (Å²) in [6, 6.07) is 11.9. The Morgan fingerprint density at radius 2 is 2.00 bits per heavy atom. The van der Waals surface area contributed by atoms with Crippen LogP contribution in [-0.4, -0.2) is 45.4 Å². The van der Waals surface area contributed by atoms with Gasteiger partial charge in [-0.1, -0.05) is 29.8 Å². The van der Waals surface area contributed by atoms with Crippen molar-refractivity contribution in [2.75, 3.05) is 25.6 Å². The maximum absolute atomic E-state index is 12.8. The van der Waals surface area contributed by atoms with Gasteiger partial charge >= 0.3 is 0 Å². The van der Waals surface area contributed by atoms with Gasteiger partial charge in [-0.05, 0) is 43.2 Å². The number of hydrogen-bond acceptors (Lipinski definition) is 4. The molecule has 27 heavy (non-hydrogen) atoms. The number of amides is 1. The highest BCUT2D eigenvalue weighted by atomic mass is 35.5. The molecular weight excluding hydrogens is 388 g/mol. The zero-order valence-corrected chi connectivity index (χ0v) is 16.9. The summed E-state index contributed by atoms with van der Waals surface area (Å²) < 4.78 is 31.7. The molecule has 0 saturated carbocycles. The van der Waals surface area contributed by atoms with Gasteiger partial charge in [0.25, 0.3) is 0 Å². The first kappa shape index (κ1) is 19.7. The quantitative estimate of drug-likeness (QED) is 0.762. The minimum atomic E-state index is -3.86. The molecule has 3 rings (SSSR count). The van der Waals surface area contributed by atoms with Gasteiger partial charge in [-0.25, -0.2) is 8.42 Å². The molecule has 0 N–H and O–H groups in total. The number of sulfonamides is 1. The Hall–Kier alpha value is -2.09. The van der Waals surface area contributed by atoms with Crippen LogP contribution in [0.2, 0.25) is 5.02 Å². The minimum absolute atomic E-state index is 0.0125. The molecule has 1 amide bonds. The number of nitrogens with zero attached hydrogens (tertiary/aromatic N) is 2. The fourth-order valence-corrected chi connectivity index (χ4v) is 4.75. The highest BCUT2D eigenvalue weighted by Gasteiger charge is 2.33. The second kappa shape index (κ2) is 7.50. The van der Waals surface area contributed by atoms with Gasteiger partial charge in [-0.2, -0.15) is 4.31 Å². The molecule has 144 valence electrons. The van der Waals surface area contributed by atoms with E-state index in [2.05, 4.69) is 0 Å². The number of carbonyl (C=O) groups excluding carboxylic acids is 1. The highest BCUT2D eigenvalue weighted by Crippen LogP contribution is 2.32. The Kier molecular flexibility index (Phi) is 5.46. The van der Waals surface area contributed by atoms with Gasteiger partial charge in [-0.15, -0.1) is 0 Å². The standard InChI is InChI=1S/C19H21ClN2O4S/c1-13-10-14-6-4-5-7-17(14)22(13)19(23)12-21(2)27(24,25)15-8-9-18(26-3)16(20)11-15/h4-9,11,13H,10,12H2,1-3H3/t13-/m0/s1. The van der Waals surface area contributed by atoms with Gasteiger partial charge in [0.2, 0.25) is 15.9 Å². The summed E-state index contributed by atoms with van der Waals surface area (Å²) >= 11 is 6.04. The monoisotopic (exact) mass is 408 g/mol. The summed E-state index contributed by atoms with van der Waals surface area (Å²) in [5.74, 6) is 0.120. The lowest BCUT2D eigenvalue weighted by molar-refractivity contribution is -0.118. The minimum Gasteiger partial charge on any atom is -0.495 e.